The summed E-state index contributed by atoms with van der Waals surface area (Å²) in [6, 6.07) is 0.347. The molecule has 0 aromatic carbocycles. The van der Waals surface area contributed by atoms with Gasteiger partial charge in [-0.05, 0) is 0 Å². The zero-order valence-corrected chi connectivity index (χ0v) is 10.3. The third kappa shape index (κ3) is 6.51. The van der Waals surface area contributed by atoms with Crippen LogP contribution in [0.2, 0.25) is 0 Å². The minimum atomic E-state index is -4.32. The van der Waals surface area contributed by atoms with Crippen molar-refractivity contribution in [1.82, 2.24) is 15.3 Å². The third-order valence-corrected chi connectivity index (χ3v) is 1.97. The molecule has 0 atom stereocenters. The molecule has 0 aliphatic carbocycles. The predicted octanol–water partition coefficient (Wildman–Crippen LogP) is 2.05. The van der Waals surface area contributed by atoms with Crippen molar-refractivity contribution in [2.75, 3.05) is 6.61 Å². The maximum Gasteiger partial charge on any atom is 0.411 e. The van der Waals surface area contributed by atoms with E-state index in [4.69, 9.17) is 0 Å². The van der Waals surface area contributed by atoms with E-state index in [1.165, 1.54) is 0 Å². The van der Waals surface area contributed by atoms with E-state index in [2.05, 4.69) is 20.0 Å². The molecule has 1 heterocycles. The SMILES string of the molecule is CC(C)NCc1cnc(COCC(F)(F)F)nc1. The molecule has 0 unspecified atom stereocenters. The molecule has 4 nitrogen and oxygen atoms in total. The highest BCUT2D eigenvalue weighted by Gasteiger charge is 2.27. The second-order valence-corrected chi connectivity index (χ2v) is 4.15. The number of aromatic nitrogens is 2. The molecule has 0 bridgehead atoms. The Morgan fingerprint density at radius 2 is 1.89 bits per heavy atom. The van der Waals surface area contributed by atoms with Crippen LogP contribution in [-0.2, 0) is 17.9 Å². The molecule has 0 aliphatic heterocycles. The quantitative estimate of drug-likeness (QED) is 0.853. The number of alkyl halides is 3. The van der Waals surface area contributed by atoms with Crippen molar-refractivity contribution < 1.29 is 17.9 Å². The van der Waals surface area contributed by atoms with Crippen molar-refractivity contribution in [1.29, 1.82) is 0 Å². The molecule has 102 valence electrons. The maximum atomic E-state index is 11.8. The van der Waals surface area contributed by atoms with Gasteiger partial charge in [0, 0.05) is 30.5 Å². The second-order valence-electron chi connectivity index (χ2n) is 4.15. The molecule has 1 N–H and O–H groups in total. The summed E-state index contributed by atoms with van der Waals surface area (Å²) in [4.78, 5) is 7.87. The van der Waals surface area contributed by atoms with Crippen molar-refractivity contribution in [3.63, 3.8) is 0 Å². The fourth-order valence-corrected chi connectivity index (χ4v) is 1.13. The standard InChI is InChI=1S/C11H16F3N3O/c1-8(2)15-3-9-4-16-10(17-5-9)6-18-7-11(12,13)14/h4-5,8,15H,3,6-7H2,1-2H3. The van der Waals surface area contributed by atoms with Gasteiger partial charge in [0.15, 0.2) is 5.82 Å². The highest BCUT2D eigenvalue weighted by molar-refractivity contribution is 5.04. The number of ether oxygens (including phenoxy) is 1. The zero-order chi connectivity index (χ0) is 13.6. The van der Waals surface area contributed by atoms with Crippen LogP contribution in [0.1, 0.15) is 25.2 Å². The molecule has 1 aromatic rings. The predicted molar refractivity (Wildman–Crippen MR) is 59.7 cm³/mol. The lowest BCUT2D eigenvalue weighted by Gasteiger charge is -2.08. The average molecular weight is 263 g/mol. The van der Waals surface area contributed by atoms with E-state index in [1.807, 2.05) is 13.8 Å². The molecule has 0 fully saturated rings. The summed E-state index contributed by atoms with van der Waals surface area (Å²) in [7, 11) is 0. The van der Waals surface area contributed by atoms with Crippen LogP contribution in [0.15, 0.2) is 12.4 Å². The van der Waals surface area contributed by atoms with Crippen molar-refractivity contribution in [2.24, 2.45) is 0 Å². The van der Waals surface area contributed by atoms with Crippen molar-refractivity contribution in [2.45, 2.75) is 39.2 Å². The number of hydrogen-bond acceptors (Lipinski definition) is 4. The fourth-order valence-electron chi connectivity index (χ4n) is 1.13. The Labute approximate surface area is 104 Å². The summed E-state index contributed by atoms with van der Waals surface area (Å²) in [5.74, 6) is 0.243. The van der Waals surface area contributed by atoms with Crippen LogP contribution < -0.4 is 5.32 Å². The molecule has 1 rings (SSSR count). The Morgan fingerprint density at radius 3 is 2.39 bits per heavy atom. The van der Waals surface area contributed by atoms with Gasteiger partial charge < -0.3 is 10.1 Å². The molecule has 1 aromatic heterocycles. The first kappa shape index (κ1) is 14.8. The van der Waals surface area contributed by atoms with Gasteiger partial charge in [-0.15, -0.1) is 0 Å². The molecule has 18 heavy (non-hydrogen) atoms. The van der Waals surface area contributed by atoms with Crippen LogP contribution in [0.5, 0.6) is 0 Å². The van der Waals surface area contributed by atoms with Gasteiger partial charge in [0.25, 0.3) is 0 Å². The minimum Gasteiger partial charge on any atom is -0.364 e. The molecule has 0 aliphatic rings. The normalized spacial score (nSPS) is 12.1. The number of rotatable bonds is 6. The smallest absolute Gasteiger partial charge is 0.364 e. The van der Waals surface area contributed by atoms with Gasteiger partial charge in [0.1, 0.15) is 13.2 Å². The van der Waals surface area contributed by atoms with Crippen LogP contribution in [0.3, 0.4) is 0 Å². The molecule has 0 saturated heterocycles. The van der Waals surface area contributed by atoms with Gasteiger partial charge in [-0.25, -0.2) is 9.97 Å². The molecule has 7 heteroatoms. The monoisotopic (exact) mass is 263 g/mol. The number of halogens is 3. The largest absolute Gasteiger partial charge is 0.411 e. The van der Waals surface area contributed by atoms with E-state index in [0.29, 0.717) is 12.6 Å². The van der Waals surface area contributed by atoms with E-state index in [1.54, 1.807) is 12.4 Å². The Balaban J connectivity index is 2.36. The molecular formula is C11H16F3N3O. The Kier molecular flexibility index (Phi) is 5.49. The number of nitrogens with one attached hydrogen (secondary N) is 1. The van der Waals surface area contributed by atoms with Gasteiger partial charge >= 0.3 is 6.18 Å². The summed E-state index contributed by atoms with van der Waals surface area (Å²) >= 11 is 0. The van der Waals surface area contributed by atoms with E-state index in [9.17, 15) is 13.2 Å². The van der Waals surface area contributed by atoms with Crippen molar-refractivity contribution >= 4 is 0 Å². The van der Waals surface area contributed by atoms with E-state index in [-0.39, 0.29) is 12.4 Å². The zero-order valence-electron chi connectivity index (χ0n) is 10.3. The molecule has 0 amide bonds. The van der Waals surface area contributed by atoms with E-state index in [0.717, 1.165) is 5.56 Å². The summed E-state index contributed by atoms with van der Waals surface area (Å²) < 4.78 is 39.9. The highest BCUT2D eigenvalue weighted by Crippen LogP contribution is 2.14. The number of nitrogens with zero attached hydrogens (tertiary/aromatic N) is 2. The molecular weight excluding hydrogens is 247 g/mol. The minimum absolute atomic E-state index is 0.239. The van der Waals surface area contributed by atoms with Crippen molar-refractivity contribution in [3.05, 3.63) is 23.8 Å². The maximum absolute atomic E-state index is 11.8. The molecule has 0 radical (unpaired) electrons. The first-order valence-corrected chi connectivity index (χ1v) is 5.54. The summed E-state index contributed by atoms with van der Waals surface area (Å²) in [5, 5.41) is 3.18. The second kappa shape index (κ2) is 6.65. The first-order valence-electron chi connectivity index (χ1n) is 5.54. The van der Waals surface area contributed by atoms with E-state index < -0.39 is 12.8 Å². The summed E-state index contributed by atoms with van der Waals surface area (Å²) in [5.41, 5.74) is 0.878. The third-order valence-electron chi connectivity index (χ3n) is 1.97. The van der Waals surface area contributed by atoms with Crippen LogP contribution in [-0.4, -0.2) is 28.8 Å². The highest BCUT2D eigenvalue weighted by atomic mass is 19.4. The van der Waals surface area contributed by atoms with Gasteiger partial charge in [0.2, 0.25) is 0 Å². The van der Waals surface area contributed by atoms with Crippen LogP contribution in [0.4, 0.5) is 13.2 Å². The summed E-state index contributed by atoms with van der Waals surface area (Å²) in [6.45, 7) is 3.13. The Hall–Kier alpha value is -1.21. The van der Waals surface area contributed by atoms with Gasteiger partial charge in [-0.3, -0.25) is 0 Å². The van der Waals surface area contributed by atoms with Gasteiger partial charge in [0.05, 0.1) is 0 Å². The van der Waals surface area contributed by atoms with Crippen LogP contribution in [0, 0.1) is 0 Å². The van der Waals surface area contributed by atoms with Gasteiger partial charge in [-0.2, -0.15) is 13.2 Å². The molecule has 0 saturated carbocycles. The first-order chi connectivity index (χ1) is 8.37. The average Bonchev–Trinajstić information content (AvgIpc) is 2.26. The van der Waals surface area contributed by atoms with Gasteiger partial charge in [-0.1, -0.05) is 13.8 Å². The summed E-state index contributed by atoms with van der Waals surface area (Å²) in [6.07, 6.45) is -1.16. The Morgan fingerprint density at radius 1 is 1.28 bits per heavy atom. The molecule has 0 spiro atoms. The fraction of sp³-hybridized carbons (Fsp3) is 0.636. The van der Waals surface area contributed by atoms with Crippen molar-refractivity contribution in [3.8, 4) is 0 Å². The lowest BCUT2D eigenvalue weighted by Crippen LogP contribution is -2.22. The Bertz CT molecular complexity index is 352. The van der Waals surface area contributed by atoms with Crippen LogP contribution >= 0.6 is 0 Å². The lowest BCUT2D eigenvalue weighted by molar-refractivity contribution is -0.177. The lowest BCUT2D eigenvalue weighted by atomic mass is 10.3. The topological polar surface area (TPSA) is 47.0 Å². The van der Waals surface area contributed by atoms with E-state index >= 15 is 0 Å². The van der Waals surface area contributed by atoms with Crippen LogP contribution in [0.25, 0.3) is 0 Å². The number of hydrogen-bond donors (Lipinski definition) is 1.